The first kappa shape index (κ1) is 25.8. The molecule has 0 spiro atoms. The number of anilines is 1. The summed E-state index contributed by atoms with van der Waals surface area (Å²) in [6, 6.07) is 7.39. The van der Waals surface area contributed by atoms with E-state index in [9.17, 15) is 22.8 Å². The molecule has 4 aliphatic carbocycles. The topological polar surface area (TPSA) is 60.2 Å². The van der Waals surface area contributed by atoms with Crippen LogP contribution in [0.15, 0.2) is 47.1 Å². The van der Waals surface area contributed by atoms with E-state index < -0.39 is 23.2 Å². The Morgan fingerprint density at radius 2 is 1.89 bits per heavy atom. The lowest BCUT2D eigenvalue weighted by atomic mass is 9.48. The lowest BCUT2D eigenvalue weighted by Crippen LogP contribution is -2.51. The van der Waals surface area contributed by atoms with Crippen LogP contribution in [0.4, 0.5) is 23.2 Å². The van der Waals surface area contributed by atoms with E-state index in [1.165, 1.54) is 12.0 Å². The molecule has 0 amide bonds. The summed E-state index contributed by atoms with van der Waals surface area (Å²) in [5.41, 5.74) is 7.57. The second-order valence-electron chi connectivity index (χ2n) is 11.2. The number of fused-ring (bicyclic) bond motifs is 4. The number of Topliss-reactive ketones (excluding diaryl/α,β-unsaturated/α-hetero) is 1. The van der Waals surface area contributed by atoms with Crippen LogP contribution in [-0.4, -0.2) is 23.9 Å². The second kappa shape index (κ2) is 8.85. The highest BCUT2D eigenvalue weighted by Crippen LogP contribution is 2.70. The van der Waals surface area contributed by atoms with Crippen molar-refractivity contribution >= 4 is 17.3 Å². The van der Waals surface area contributed by atoms with Crippen LogP contribution in [0.25, 0.3) is 0 Å². The van der Waals surface area contributed by atoms with Gasteiger partial charge in [0.1, 0.15) is 6.17 Å². The summed E-state index contributed by atoms with van der Waals surface area (Å²) in [5, 5.41) is 0. The van der Waals surface area contributed by atoms with Crippen molar-refractivity contribution in [3.05, 3.63) is 52.6 Å². The summed E-state index contributed by atoms with van der Waals surface area (Å²) < 4.78 is 55.6. The van der Waals surface area contributed by atoms with Crippen molar-refractivity contribution in [2.75, 3.05) is 5.73 Å². The monoisotopic (exact) mass is 513 g/mol. The molecule has 4 aliphatic rings. The van der Waals surface area contributed by atoms with E-state index in [1.54, 1.807) is 19.1 Å². The van der Waals surface area contributed by atoms with Gasteiger partial charge in [-0.3, -0.25) is 9.59 Å². The lowest BCUT2D eigenvalue weighted by Gasteiger charge is -2.55. The summed E-state index contributed by atoms with van der Waals surface area (Å²) in [6.07, 6.45) is -2.41. The molecule has 0 bridgehead atoms. The first-order valence-corrected chi connectivity index (χ1v) is 13.0. The lowest BCUT2D eigenvalue weighted by molar-refractivity contribution is -0.132. The fourth-order valence-electron chi connectivity index (χ4n) is 7.90. The number of nitrogen functional groups attached to an aromatic ring is 1. The van der Waals surface area contributed by atoms with E-state index in [-0.39, 0.29) is 48.6 Å². The molecule has 2 saturated carbocycles. The fraction of sp³-hybridized carbons (Fsp3) is 0.533. The number of rotatable bonds is 3. The zero-order valence-electron chi connectivity index (χ0n) is 21.1. The Morgan fingerprint density at radius 3 is 2.54 bits per heavy atom. The first-order valence-electron chi connectivity index (χ1n) is 13.0. The third-order valence-corrected chi connectivity index (χ3v) is 9.50. The highest BCUT2D eigenvalue weighted by atomic mass is 19.4. The summed E-state index contributed by atoms with van der Waals surface area (Å²) in [5.74, 6) is 2.89. The third-order valence-electron chi connectivity index (χ3n) is 9.50. The maximum absolute atomic E-state index is 15.6. The molecule has 196 valence electrons. The van der Waals surface area contributed by atoms with Crippen molar-refractivity contribution in [3.8, 4) is 11.8 Å². The maximum atomic E-state index is 15.6. The molecule has 2 N–H and O–H groups in total. The smallest absolute Gasteiger partial charge is 0.399 e. The average Bonchev–Trinajstić information content (AvgIpc) is 3.15. The zero-order valence-corrected chi connectivity index (χ0v) is 21.1. The zero-order chi connectivity index (χ0) is 26.8. The number of hydrogen-bond donors (Lipinski definition) is 1. The normalized spacial score (nSPS) is 35.1. The predicted octanol–water partition coefficient (Wildman–Crippen LogP) is 6.65. The molecule has 1 unspecified atom stereocenters. The number of halogens is 4. The minimum Gasteiger partial charge on any atom is -0.399 e. The van der Waals surface area contributed by atoms with E-state index in [0.717, 1.165) is 16.7 Å². The number of hydrogen-bond acceptors (Lipinski definition) is 3. The van der Waals surface area contributed by atoms with Crippen molar-refractivity contribution in [1.29, 1.82) is 0 Å². The molecule has 5 rings (SSSR count). The van der Waals surface area contributed by atoms with Crippen LogP contribution in [-0.2, 0) is 9.59 Å². The minimum absolute atomic E-state index is 0.0824. The molecule has 0 saturated heterocycles. The predicted molar refractivity (Wildman–Crippen MR) is 133 cm³/mol. The van der Waals surface area contributed by atoms with Crippen molar-refractivity contribution in [2.45, 2.75) is 77.1 Å². The first-order chi connectivity index (χ1) is 17.4. The number of nitrogens with two attached hydrogens (primary N) is 1. The number of allylic oxidation sites excluding steroid dienone is 4. The Balaban J connectivity index is 1.73. The molecular weight excluding hydrogens is 482 g/mol. The molecular formula is C30H31F4NO2. The fourth-order valence-corrected chi connectivity index (χ4v) is 7.90. The Bertz CT molecular complexity index is 1260. The van der Waals surface area contributed by atoms with Gasteiger partial charge < -0.3 is 5.73 Å². The van der Waals surface area contributed by atoms with Gasteiger partial charge in [-0.15, -0.1) is 0 Å². The van der Waals surface area contributed by atoms with E-state index in [0.29, 0.717) is 36.9 Å². The number of benzene rings is 1. The molecule has 3 nitrogen and oxygen atoms in total. The average molecular weight is 514 g/mol. The van der Waals surface area contributed by atoms with Gasteiger partial charge in [0, 0.05) is 30.4 Å². The molecule has 0 aromatic heterocycles. The highest BCUT2D eigenvalue weighted by molar-refractivity contribution is 5.93. The standard InChI is InChI=1S/C30H31F4NO2/c1-3-26(37)29(12-13-30(32,33)34)11-10-24-22-15-25(31)21-14-19(36)8-9-20(21)27(22)23(16-28(24,29)2)17-4-6-18(35)7-5-17/h4-7,14,22-25H,3,8-11,15-16,35H2,1-2H3/t22-,23+,24-,25?,28-,29+/m0/s1. The van der Waals surface area contributed by atoms with Crippen LogP contribution >= 0.6 is 0 Å². The molecule has 6 atom stereocenters. The van der Waals surface area contributed by atoms with E-state index >= 15 is 4.39 Å². The van der Waals surface area contributed by atoms with Crippen molar-refractivity contribution in [1.82, 2.24) is 0 Å². The third kappa shape index (κ3) is 4.04. The minimum atomic E-state index is -4.71. The van der Waals surface area contributed by atoms with Crippen LogP contribution in [0.3, 0.4) is 0 Å². The highest BCUT2D eigenvalue weighted by Gasteiger charge is 2.65. The van der Waals surface area contributed by atoms with Gasteiger partial charge >= 0.3 is 6.18 Å². The largest absolute Gasteiger partial charge is 0.457 e. The quantitative estimate of drug-likeness (QED) is 0.280. The summed E-state index contributed by atoms with van der Waals surface area (Å²) >= 11 is 0. The van der Waals surface area contributed by atoms with Crippen LogP contribution in [0.2, 0.25) is 0 Å². The molecule has 0 heterocycles. The van der Waals surface area contributed by atoms with E-state index in [2.05, 4.69) is 5.92 Å². The Hall–Kier alpha value is -2.88. The molecule has 2 fully saturated rings. The number of alkyl halides is 4. The van der Waals surface area contributed by atoms with Crippen LogP contribution in [0.5, 0.6) is 0 Å². The number of carbonyl (C=O) groups excluding carboxylic acids is 2. The van der Waals surface area contributed by atoms with Crippen molar-refractivity contribution < 1.29 is 27.2 Å². The van der Waals surface area contributed by atoms with Crippen LogP contribution < -0.4 is 5.73 Å². The van der Waals surface area contributed by atoms with Crippen molar-refractivity contribution in [2.24, 2.45) is 22.7 Å². The molecule has 0 aliphatic heterocycles. The maximum Gasteiger partial charge on any atom is 0.457 e. The van der Waals surface area contributed by atoms with Crippen molar-refractivity contribution in [3.63, 3.8) is 0 Å². The van der Waals surface area contributed by atoms with E-state index in [4.69, 9.17) is 5.73 Å². The Morgan fingerprint density at radius 1 is 1.19 bits per heavy atom. The van der Waals surface area contributed by atoms with Gasteiger partial charge in [0.25, 0.3) is 0 Å². The molecule has 0 radical (unpaired) electrons. The van der Waals surface area contributed by atoms with Gasteiger partial charge in [0.15, 0.2) is 11.6 Å². The number of ketones is 2. The summed E-state index contributed by atoms with van der Waals surface area (Å²) in [6.45, 7) is 3.57. The van der Waals surface area contributed by atoms with Gasteiger partial charge in [-0.25, -0.2) is 4.39 Å². The molecule has 7 heteroatoms. The van der Waals surface area contributed by atoms with Gasteiger partial charge in [0.2, 0.25) is 0 Å². The van der Waals surface area contributed by atoms with Crippen LogP contribution in [0, 0.1) is 34.5 Å². The SMILES string of the molecule is CCC(=O)[C@]1(C#CC(F)(F)F)CC[C@H]2[C@@H]3CC(F)C4=CC(=O)CCC4=C3[C@@H](c3ccc(N)cc3)C[C@@]21C. The van der Waals surface area contributed by atoms with Gasteiger partial charge in [-0.05, 0) is 84.3 Å². The Kier molecular flexibility index (Phi) is 6.16. The molecule has 37 heavy (non-hydrogen) atoms. The summed E-state index contributed by atoms with van der Waals surface area (Å²) in [7, 11) is 0. The summed E-state index contributed by atoms with van der Waals surface area (Å²) in [4.78, 5) is 25.6. The molecule has 1 aromatic carbocycles. The van der Waals surface area contributed by atoms with E-state index in [1.807, 2.05) is 19.1 Å². The van der Waals surface area contributed by atoms with Gasteiger partial charge in [0.05, 0.1) is 5.41 Å². The van der Waals surface area contributed by atoms with Gasteiger partial charge in [-0.1, -0.05) is 37.5 Å². The van der Waals surface area contributed by atoms with Crippen LogP contribution in [0.1, 0.15) is 70.3 Å². The second-order valence-corrected chi connectivity index (χ2v) is 11.2. The number of carbonyl (C=O) groups is 2. The molecule has 1 aromatic rings. The Labute approximate surface area is 214 Å². The van der Waals surface area contributed by atoms with Gasteiger partial charge in [-0.2, -0.15) is 13.2 Å².